The summed E-state index contributed by atoms with van der Waals surface area (Å²) in [4.78, 5) is 0. The van der Waals surface area contributed by atoms with Crippen LogP contribution in [0.2, 0.25) is 0 Å². The summed E-state index contributed by atoms with van der Waals surface area (Å²) in [6.07, 6.45) is 4.01. The van der Waals surface area contributed by atoms with Gasteiger partial charge < -0.3 is 14.8 Å². The number of aryl methyl sites for hydroxylation is 1. The van der Waals surface area contributed by atoms with Crippen molar-refractivity contribution in [3.05, 3.63) is 29.8 Å². The highest BCUT2D eigenvalue weighted by molar-refractivity contribution is 5.26. The van der Waals surface area contributed by atoms with E-state index in [-0.39, 0.29) is 0 Å². The van der Waals surface area contributed by atoms with E-state index in [2.05, 4.69) is 31.3 Å². The molecule has 0 bridgehead atoms. The lowest BCUT2D eigenvalue weighted by atomic mass is 10.2. The van der Waals surface area contributed by atoms with Gasteiger partial charge >= 0.3 is 0 Å². The van der Waals surface area contributed by atoms with Gasteiger partial charge in [0.25, 0.3) is 0 Å². The van der Waals surface area contributed by atoms with Gasteiger partial charge in [-0.15, -0.1) is 0 Å². The fourth-order valence-electron chi connectivity index (χ4n) is 2.28. The highest BCUT2D eigenvalue weighted by atomic mass is 16.5. The third-order valence-corrected chi connectivity index (χ3v) is 3.50. The average molecular weight is 263 g/mol. The topological polar surface area (TPSA) is 30.5 Å². The summed E-state index contributed by atoms with van der Waals surface area (Å²) >= 11 is 0. The average Bonchev–Trinajstić information content (AvgIpc) is 2.91. The third-order valence-electron chi connectivity index (χ3n) is 3.50. The van der Waals surface area contributed by atoms with E-state index >= 15 is 0 Å². The molecule has 0 aliphatic carbocycles. The van der Waals surface area contributed by atoms with Crippen LogP contribution in [-0.4, -0.2) is 31.9 Å². The SMILES string of the molecule is Cc1ccc(OCC(C)NCCC2CCCO2)cc1. The van der Waals surface area contributed by atoms with Crippen LogP contribution in [0.5, 0.6) is 5.75 Å². The molecule has 2 atom stereocenters. The Kier molecular flexibility index (Phi) is 5.67. The van der Waals surface area contributed by atoms with E-state index in [0.29, 0.717) is 18.8 Å². The molecule has 1 N–H and O–H groups in total. The van der Waals surface area contributed by atoms with Gasteiger partial charge in [0.1, 0.15) is 12.4 Å². The minimum Gasteiger partial charge on any atom is -0.492 e. The Balaban J connectivity index is 1.58. The number of ether oxygens (including phenoxy) is 2. The van der Waals surface area contributed by atoms with Crippen LogP contribution in [0.25, 0.3) is 0 Å². The molecule has 0 spiro atoms. The second-order valence-electron chi connectivity index (χ2n) is 5.40. The molecular weight excluding hydrogens is 238 g/mol. The van der Waals surface area contributed by atoms with Gasteiger partial charge in [0.05, 0.1) is 6.10 Å². The normalized spacial score (nSPS) is 20.4. The lowest BCUT2D eigenvalue weighted by molar-refractivity contribution is 0.103. The lowest BCUT2D eigenvalue weighted by Crippen LogP contribution is -2.33. The van der Waals surface area contributed by atoms with Crippen molar-refractivity contribution in [1.29, 1.82) is 0 Å². The highest BCUT2D eigenvalue weighted by Crippen LogP contribution is 2.14. The summed E-state index contributed by atoms with van der Waals surface area (Å²) < 4.78 is 11.4. The zero-order valence-electron chi connectivity index (χ0n) is 12.0. The van der Waals surface area contributed by atoms with E-state index < -0.39 is 0 Å². The summed E-state index contributed by atoms with van der Waals surface area (Å²) in [7, 11) is 0. The molecule has 3 nitrogen and oxygen atoms in total. The molecule has 19 heavy (non-hydrogen) atoms. The Morgan fingerprint density at radius 1 is 1.37 bits per heavy atom. The molecule has 1 aliphatic rings. The zero-order chi connectivity index (χ0) is 13.5. The highest BCUT2D eigenvalue weighted by Gasteiger charge is 2.15. The number of hydrogen-bond donors (Lipinski definition) is 1. The molecule has 1 aliphatic heterocycles. The fourth-order valence-corrected chi connectivity index (χ4v) is 2.28. The molecule has 1 aromatic carbocycles. The summed E-state index contributed by atoms with van der Waals surface area (Å²) in [5.41, 5.74) is 1.26. The zero-order valence-corrected chi connectivity index (χ0v) is 12.0. The van der Waals surface area contributed by atoms with Crippen molar-refractivity contribution in [3.8, 4) is 5.75 Å². The van der Waals surface area contributed by atoms with E-state index in [1.807, 2.05) is 12.1 Å². The molecule has 2 rings (SSSR count). The van der Waals surface area contributed by atoms with E-state index in [4.69, 9.17) is 9.47 Å². The largest absolute Gasteiger partial charge is 0.492 e. The molecule has 0 radical (unpaired) electrons. The summed E-state index contributed by atoms with van der Waals surface area (Å²) in [6, 6.07) is 8.56. The Morgan fingerprint density at radius 3 is 2.84 bits per heavy atom. The van der Waals surface area contributed by atoms with Gasteiger partial charge in [0.15, 0.2) is 0 Å². The first kappa shape index (κ1) is 14.4. The van der Waals surface area contributed by atoms with Crippen molar-refractivity contribution in [2.45, 2.75) is 45.3 Å². The minimum atomic E-state index is 0.364. The van der Waals surface area contributed by atoms with Crippen molar-refractivity contribution >= 4 is 0 Å². The van der Waals surface area contributed by atoms with Gasteiger partial charge in [-0.25, -0.2) is 0 Å². The number of hydrogen-bond acceptors (Lipinski definition) is 3. The maximum atomic E-state index is 5.75. The third kappa shape index (κ3) is 5.21. The molecule has 1 aromatic rings. The maximum absolute atomic E-state index is 5.75. The van der Waals surface area contributed by atoms with E-state index in [1.54, 1.807) is 0 Å². The van der Waals surface area contributed by atoms with Gasteiger partial charge in [-0.05, 0) is 51.8 Å². The van der Waals surface area contributed by atoms with Crippen LogP contribution in [0.4, 0.5) is 0 Å². The number of nitrogens with one attached hydrogen (secondary N) is 1. The minimum absolute atomic E-state index is 0.364. The molecule has 3 heteroatoms. The molecular formula is C16H25NO2. The molecule has 106 valence electrons. The Hall–Kier alpha value is -1.06. The first-order chi connectivity index (χ1) is 9.24. The number of benzene rings is 1. The Bertz CT molecular complexity index is 358. The van der Waals surface area contributed by atoms with Crippen LogP contribution < -0.4 is 10.1 Å². The molecule has 0 aromatic heterocycles. The van der Waals surface area contributed by atoms with Gasteiger partial charge in [0, 0.05) is 12.6 Å². The standard InChI is InChI=1S/C16H25NO2/c1-13-5-7-16(8-6-13)19-12-14(2)17-10-9-15-4-3-11-18-15/h5-8,14-15,17H,3-4,9-12H2,1-2H3. The smallest absolute Gasteiger partial charge is 0.119 e. The summed E-state index contributed by atoms with van der Waals surface area (Å²) in [5.74, 6) is 0.943. The first-order valence-corrected chi connectivity index (χ1v) is 7.28. The molecule has 1 heterocycles. The van der Waals surface area contributed by atoms with Crippen LogP contribution in [-0.2, 0) is 4.74 Å². The second kappa shape index (κ2) is 7.51. The van der Waals surface area contributed by atoms with Crippen LogP contribution in [0.1, 0.15) is 31.7 Å². The van der Waals surface area contributed by atoms with E-state index in [1.165, 1.54) is 18.4 Å². The molecule has 1 saturated heterocycles. The van der Waals surface area contributed by atoms with Crippen LogP contribution in [0.3, 0.4) is 0 Å². The van der Waals surface area contributed by atoms with Gasteiger partial charge in [0.2, 0.25) is 0 Å². The monoisotopic (exact) mass is 263 g/mol. The second-order valence-corrected chi connectivity index (χ2v) is 5.40. The van der Waals surface area contributed by atoms with E-state index in [0.717, 1.165) is 25.3 Å². The van der Waals surface area contributed by atoms with Gasteiger partial charge in [-0.1, -0.05) is 17.7 Å². The lowest BCUT2D eigenvalue weighted by Gasteiger charge is -2.16. The molecule has 0 amide bonds. The fraction of sp³-hybridized carbons (Fsp3) is 0.625. The molecule has 2 unspecified atom stereocenters. The van der Waals surface area contributed by atoms with Crippen LogP contribution >= 0.6 is 0 Å². The first-order valence-electron chi connectivity index (χ1n) is 7.28. The van der Waals surface area contributed by atoms with Crippen LogP contribution in [0, 0.1) is 6.92 Å². The van der Waals surface area contributed by atoms with E-state index in [9.17, 15) is 0 Å². The number of rotatable bonds is 7. The van der Waals surface area contributed by atoms with Crippen molar-refractivity contribution in [3.63, 3.8) is 0 Å². The van der Waals surface area contributed by atoms with Gasteiger partial charge in [-0.2, -0.15) is 0 Å². The molecule has 1 fully saturated rings. The predicted molar refractivity (Wildman–Crippen MR) is 77.7 cm³/mol. The van der Waals surface area contributed by atoms with Crippen molar-refractivity contribution in [1.82, 2.24) is 5.32 Å². The van der Waals surface area contributed by atoms with Gasteiger partial charge in [-0.3, -0.25) is 0 Å². The maximum Gasteiger partial charge on any atom is 0.119 e. The molecule has 0 saturated carbocycles. The summed E-state index contributed by atoms with van der Waals surface area (Å²) in [6.45, 7) is 6.89. The quantitative estimate of drug-likeness (QED) is 0.820. The Morgan fingerprint density at radius 2 is 2.16 bits per heavy atom. The van der Waals surface area contributed by atoms with Crippen molar-refractivity contribution in [2.24, 2.45) is 0 Å². The Labute approximate surface area is 116 Å². The summed E-state index contributed by atoms with van der Waals surface area (Å²) in [5, 5.41) is 3.49. The van der Waals surface area contributed by atoms with Crippen molar-refractivity contribution in [2.75, 3.05) is 19.8 Å². The van der Waals surface area contributed by atoms with Crippen molar-refractivity contribution < 1.29 is 9.47 Å². The predicted octanol–water partition coefficient (Wildman–Crippen LogP) is 2.92. The van der Waals surface area contributed by atoms with Crippen LogP contribution in [0.15, 0.2) is 24.3 Å².